The van der Waals surface area contributed by atoms with Crippen LogP contribution < -0.4 is 17.7 Å². The van der Waals surface area contributed by atoms with Crippen molar-refractivity contribution in [3.05, 3.63) is 112 Å². The van der Waals surface area contributed by atoms with Crippen LogP contribution in [-0.2, 0) is 48.0 Å². The van der Waals surface area contributed by atoms with Crippen LogP contribution in [0.3, 0.4) is 0 Å². The van der Waals surface area contributed by atoms with Crippen molar-refractivity contribution in [2.75, 3.05) is 7.05 Å². The number of likely N-dealkylation sites (N-methyl/N-ethyl adjacent to an activating group) is 1. The van der Waals surface area contributed by atoms with Crippen LogP contribution >= 0.6 is 0 Å². The van der Waals surface area contributed by atoms with Crippen LogP contribution in [0.4, 0.5) is 5.69 Å². The molecule has 17 nitrogen and oxygen atoms in total. The normalized spacial score (nSPS) is 17.0. The van der Waals surface area contributed by atoms with Gasteiger partial charge in [0.2, 0.25) is 11.5 Å². The maximum Gasteiger partial charge on any atom is 0.424 e. The van der Waals surface area contributed by atoms with Crippen LogP contribution in [0.1, 0.15) is 26.3 Å². The molecule has 0 aromatic heterocycles. The highest BCUT2D eigenvalue weighted by atomic mass is 32.2. The summed E-state index contributed by atoms with van der Waals surface area (Å²) in [7, 11) is -12.5. The van der Waals surface area contributed by atoms with Crippen molar-refractivity contribution in [2.45, 2.75) is 14.7 Å². The topological polar surface area (TPSA) is 275 Å². The number of aliphatic imine (C=N–C) groups is 1. The quantitative estimate of drug-likeness (QED) is 0.0887. The van der Waals surface area contributed by atoms with Gasteiger partial charge in [-0.2, -0.15) is 60.4 Å². The molecule has 0 atom stereocenters. The lowest BCUT2D eigenvalue weighted by Gasteiger charge is -2.29. The van der Waals surface area contributed by atoms with Crippen LogP contribution in [0.25, 0.3) is 5.57 Å². The fourth-order valence-electron chi connectivity index (χ4n) is 5.63. The molecule has 1 heterocycles. The van der Waals surface area contributed by atoms with Crippen LogP contribution in [-0.4, -0.2) is 65.8 Å². The molecule has 3 aliphatic rings. The second-order valence-corrected chi connectivity index (χ2v) is 15.3. The fourth-order valence-corrected chi connectivity index (χ4v) is 7.69. The maximum atomic E-state index is 14.2. The largest absolute Gasteiger partial charge is 0.424 e. The van der Waals surface area contributed by atoms with E-state index < -0.39 is 73.8 Å². The average Bonchev–Trinajstić information content (AvgIpc) is 3.12. The minimum absolute atomic E-state index is 0.0263. The van der Waals surface area contributed by atoms with Crippen molar-refractivity contribution < 1.29 is 57.1 Å². The van der Waals surface area contributed by atoms with Gasteiger partial charge in [0.15, 0.2) is 5.78 Å². The molecule has 6 rings (SSSR count). The van der Waals surface area contributed by atoms with Gasteiger partial charge in [-0.25, -0.2) is 9.79 Å². The van der Waals surface area contributed by atoms with Gasteiger partial charge in [-0.3, -0.25) is 9.59 Å². The van der Waals surface area contributed by atoms with E-state index in [1.165, 1.54) is 43.5 Å². The molecular weight excluding hydrogens is 719 g/mol. The lowest BCUT2D eigenvalue weighted by molar-refractivity contribution is -0.413. The summed E-state index contributed by atoms with van der Waals surface area (Å²) in [6.07, 6.45) is 2.74. The Labute approximate surface area is 283 Å². The first-order chi connectivity index (χ1) is 23.6. The van der Waals surface area contributed by atoms with E-state index in [0.29, 0.717) is 6.07 Å². The average molecular weight is 741 g/mol. The molecule has 0 radical (unpaired) electrons. The number of nitrogens with zero attached hydrogens (tertiary/aromatic N) is 2. The van der Waals surface area contributed by atoms with Crippen molar-refractivity contribution in [1.29, 1.82) is 0 Å². The number of carbonyl (C=O) groups is 3. The Balaban J connectivity index is 1.65. The zero-order valence-corrected chi connectivity index (χ0v) is 27.7. The third-order valence-corrected chi connectivity index (χ3v) is 11.2. The molecule has 50 heavy (non-hydrogen) atoms. The number of carbonyl (C=O) groups excluding carboxylic acids is 3. The highest BCUT2D eigenvalue weighted by Crippen LogP contribution is 2.44. The summed E-state index contributed by atoms with van der Waals surface area (Å²) in [5, 5.41) is 0. The van der Waals surface area contributed by atoms with E-state index in [1.807, 2.05) is 0 Å². The summed E-state index contributed by atoms with van der Waals surface area (Å²) in [5.74, 6) is 12.4. The lowest BCUT2D eigenvalue weighted by atomic mass is 9.72. The molecule has 256 valence electrons. The van der Waals surface area contributed by atoms with Gasteiger partial charge in [0.05, 0.1) is 32.3 Å². The van der Waals surface area contributed by atoms with Gasteiger partial charge in [0, 0.05) is 22.8 Å². The highest BCUT2D eigenvalue weighted by Gasteiger charge is 2.47. The molecular formula is C30H22N5O12S3+. The molecule has 1 aliphatic heterocycles. The molecule has 1 amide bonds. The number of hydrogen-bond donors (Lipinski definition) is 3. The van der Waals surface area contributed by atoms with Gasteiger partial charge in [-0.1, -0.05) is 36.4 Å². The Morgan fingerprint density at radius 3 is 1.96 bits per heavy atom. The van der Waals surface area contributed by atoms with Gasteiger partial charge in [0.1, 0.15) is 17.5 Å². The van der Waals surface area contributed by atoms with Crippen molar-refractivity contribution in [1.82, 2.24) is 0 Å². The number of Topliss-reactive ketones (excluding diaryl/α,β-unsaturated/α-hetero) is 2. The third kappa shape index (κ3) is 5.49. The van der Waals surface area contributed by atoms with Crippen molar-refractivity contribution in [2.24, 2.45) is 22.7 Å². The minimum Gasteiger partial charge on any atom is -0.288 e. The number of amides is 1. The molecule has 3 aromatic rings. The maximum absolute atomic E-state index is 14.2. The summed E-state index contributed by atoms with van der Waals surface area (Å²) in [6, 6.07) is 13.3. The summed E-state index contributed by atoms with van der Waals surface area (Å²) >= 11 is 0. The number of fused-ring (bicyclic) bond motifs is 2. The molecule has 6 N–H and O–H groups in total. The molecule has 0 saturated heterocycles. The molecule has 20 heteroatoms. The van der Waals surface area contributed by atoms with E-state index in [4.69, 9.17) is 17.7 Å². The number of hydrogen-bond acceptors (Lipinski definition) is 16. The van der Waals surface area contributed by atoms with Gasteiger partial charge < -0.3 is 0 Å². The zero-order valence-electron chi connectivity index (χ0n) is 25.3. The molecule has 0 fully saturated rings. The van der Waals surface area contributed by atoms with Crippen molar-refractivity contribution >= 4 is 70.5 Å². The van der Waals surface area contributed by atoms with Crippen LogP contribution in [0, 0.1) is 0 Å². The highest BCUT2D eigenvalue weighted by molar-refractivity contribution is 7.87. The Kier molecular flexibility index (Phi) is 8.54. The second-order valence-electron chi connectivity index (χ2n) is 10.6. The zero-order chi connectivity index (χ0) is 36.3. The van der Waals surface area contributed by atoms with E-state index in [9.17, 15) is 39.6 Å². The smallest absolute Gasteiger partial charge is 0.288 e. The molecule has 0 bridgehead atoms. The van der Waals surface area contributed by atoms with E-state index in [2.05, 4.69) is 17.8 Å². The Hall–Kier alpha value is -5.16. The number of nitrogens with two attached hydrogens (primary N) is 3. The summed E-state index contributed by atoms with van der Waals surface area (Å²) < 4.78 is 88.0. The minimum atomic E-state index is -4.85. The number of rotatable bonds is 9. The lowest BCUT2D eigenvalue weighted by Crippen LogP contribution is -2.39. The number of benzene rings is 3. The third-order valence-electron chi connectivity index (χ3n) is 7.93. The Morgan fingerprint density at radius 1 is 0.700 bits per heavy atom. The van der Waals surface area contributed by atoms with Crippen LogP contribution in [0.15, 0.2) is 115 Å². The first kappa shape index (κ1) is 34.7. The number of allylic oxidation sites excluding steroid dienone is 5. The molecule has 0 spiro atoms. The van der Waals surface area contributed by atoms with Gasteiger partial charge in [-0.15, -0.1) is 0 Å². The monoisotopic (exact) mass is 740 g/mol. The fraction of sp³-hybridized carbons (Fsp3) is 0.0333. The molecule has 0 saturated carbocycles. The summed E-state index contributed by atoms with van der Waals surface area (Å²) in [4.78, 5) is 44.8. The second kappa shape index (κ2) is 12.3. The molecule has 2 aliphatic carbocycles. The summed E-state index contributed by atoms with van der Waals surface area (Å²) in [5.41, 5.74) is -0.795. The number of ketones is 2. The predicted octanol–water partition coefficient (Wildman–Crippen LogP) is 0.519. The van der Waals surface area contributed by atoms with E-state index in [-0.39, 0.29) is 44.8 Å². The Morgan fingerprint density at radius 2 is 1.32 bits per heavy atom. The Bertz CT molecular complexity index is 2600. The van der Waals surface area contributed by atoms with Gasteiger partial charge in [-0.05, 0) is 42.0 Å². The molecule has 0 unspecified atom stereocenters. The predicted molar refractivity (Wildman–Crippen MR) is 172 cm³/mol. The summed E-state index contributed by atoms with van der Waals surface area (Å²) in [6.45, 7) is 0. The van der Waals surface area contributed by atoms with Crippen LogP contribution in [0.5, 0.6) is 0 Å². The van der Waals surface area contributed by atoms with Crippen LogP contribution in [0.2, 0.25) is 0 Å². The first-order valence-corrected chi connectivity index (χ1v) is 18.0. The SMILES string of the molecule is C[N+]1=C2C=CC(=Nc3ccc(S(=O)(=O)ON)cc3S(=O)(=O)ON)C3=C2C(=C(C(=O)c2cccc(S(=O)(=O)ON)c2)C1=O)c1ccccc1C3=O. The van der Waals surface area contributed by atoms with Gasteiger partial charge >= 0.3 is 36.3 Å². The van der Waals surface area contributed by atoms with Gasteiger partial charge in [0.25, 0.3) is 0 Å². The first-order valence-electron chi connectivity index (χ1n) is 13.8. The van der Waals surface area contributed by atoms with E-state index in [0.717, 1.165) is 28.8 Å². The molecule has 3 aromatic carbocycles. The van der Waals surface area contributed by atoms with Crippen molar-refractivity contribution in [3.63, 3.8) is 0 Å². The standard InChI is InChI=1S/C30H22N5O12S3/c1-35-22-12-11-21(34-20-10-9-17(49(41,42)46-32)14-23(20)50(43,44)47-33)25-26(22)24(18-7-2-3-8-19(18)29(25)37)27(30(35)38)28(36)15-5-4-6-16(13-15)48(39,40)45-31/h2-14H,31-33H2,1H3/q+1. The van der Waals surface area contributed by atoms with Crippen molar-refractivity contribution in [3.8, 4) is 0 Å². The van der Waals surface area contributed by atoms with E-state index >= 15 is 0 Å². The van der Waals surface area contributed by atoms with E-state index in [1.54, 1.807) is 12.1 Å².